The summed E-state index contributed by atoms with van der Waals surface area (Å²) in [6.07, 6.45) is -0.262. The van der Waals surface area contributed by atoms with Crippen molar-refractivity contribution in [1.82, 2.24) is 4.31 Å². The van der Waals surface area contributed by atoms with Gasteiger partial charge in [0.15, 0.2) is 0 Å². The predicted octanol–water partition coefficient (Wildman–Crippen LogP) is 1.74. The number of carbonyl (C=O) groups is 1. The van der Waals surface area contributed by atoms with E-state index in [0.29, 0.717) is 11.1 Å². The van der Waals surface area contributed by atoms with Crippen LogP contribution in [-0.2, 0) is 14.8 Å². The smallest absolute Gasteiger partial charge is 0.304 e. The number of sulfonamides is 1. The van der Waals surface area contributed by atoms with Crippen LogP contribution in [0.1, 0.15) is 31.4 Å². The summed E-state index contributed by atoms with van der Waals surface area (Å²) in [5, 5.41) is 17.7. The van der Waals surface area contributed by atoms with Gasteiger partial charge in [0.05, 0.1) is 22.9 Å². The van der Waals surface area contributed by atoms with Crippen LogP contribution in [0.25, 0.3) is 0 Å². The van der Waals surface area contributed by atoms with Gasteiger partial charge in [0.25, 0.3) is 0 Å². The van der Waals surface area contributed by atoms with Gasteiger partial charge in [0, 0.05) is 12.6 Å². The predicted molar refractivity (Wildman–Crippen MR) is 77.2 cm³/mol. The van der Waals surface area contributed by atoms with E-state index in [4.69, 9.17) is 10.4 Å². The van der Waals surface area contributed by atoms with Crippen molar-refractivity contribution in [3.8, 4) is 6.07 Å². The maximum atomic E-state index is 12.6. The summed E-state index contributed by atoms with van der Waals surface area (Å²) in [5.74, 6) is -1.05. The van der Waals surface area contributed by atoms with Crippen LogP contribution in [0.4, 0.5) is 0 Å². The van der Waals surface area contributed by atoms with Crippen LogP contribution in [0, 0.1) is 18.3 Å². The second-order valence-corrected chi connectivity index (χ2v) is 6.63. The summed E-state index contributed by atoms with van der Waals surface area (Å²) in [4.78, 5) is 10.8. The molecule has 1 atom stereocenters. The number of carboxylic acids is 1. The summed E-state index contributed by atoms with van der Waals surface area (Å²) < 4.78 is 26.3. The molecule has 0 saturated carbocycles. The van der Waals surface area contributed by atoms with E-state index in [2.05, 4.69) is 0 Å². The summed E-state index contributed by atoms with van der Waals surface area (Å²) in [7, 11) is -3.78. The Hall–Kier alpha value is -1.91. The highest BCUT2D eigenvalue weighted by molar-refractivity contribution is 7.89. The number of carboxylic acid groups (broad SMARTS) is 1. The first-order valence-electron chi connectivity index (χ1n) is 6.48. The van der Waals surface area contributed by atoms with Crippen molar-refractivity contribution < 1.29 is 18.3 Å². The Morgan fingerprint density at radius 2 is 2.10 bits per heavy atom. The molecule has 0 radical (unpaired) electrons. The van der Waals surface area contributed by atoms with Crippen LogP contribution in [0.2, 0.25) is 0 Å². The van der Waals surface area contributed by atoms with Gasteiger partial charge in [-0.15, -0.1) is 0 Å². The molecular formula is C14H18N2O4S. The number of rotatable bonds is 6. The molecule has 0 bridgehead atoms. The molecule has 1 unspecified atom stereocenters. The number of nitriles is 1. The highest BCUT2D eigenvalue weighted by Gasteiger charge is 2.29. The van der Waals surface area contributed by atoms with Gasteiger partial charge in [-0.1, -0.05) is 6.92 Å². The van der Waals surface area contributed by atoms with Crippen molar-refractivity contribution in [2.75, 3.05) is 6.54 Å². The maximum Gasteiger partial charge on any atom is 0.304 e. The van der Waals surface area contributed by atoms with E-state index in [-0.39, 0.29) is 17.9 Å². The lowest BCUT2D eigenvalue weighted by Crippen LogP contribution is -2.39. The van der Waals surface area contributed by atoms with Crippen LogP contribution in [0.3, 0.4) is 0 Å². The number of nitrogens with zero attached hydrogens (tertiary/aromatic N) is 2. The lowest BCUT2D eigenvalue weighted by Gasteiger charge is -2.26. The molecule has 0 heterocycles. The summed E-state index contributed by atoms with van der Waals surface area (Å²) in [6.45, 7) is 5.06. The normalized spacial score (nSPS) is 12.9. The topological polar surface area (TPSA) is 98.5 Å². The first kappa shape index (κ1) is 17.1. The lowest BCUT2D eigenvalue weighted by molar-refractivity contribution is -0.137. The van der Waals surface area contributed by atoms with Crippen LogP contribution >= 0.6 is 0 Å². The second-order valence-electron chi connectivity index (χ2n) is 4.74. The van der Waals surface area contributed by atoms with E-state index in [0.717, 1.165) is 4.31 Å². The molecule has 114 valence electrons. The molecule has 6 nitrogen and oxygen atoms in total. The standard InChI is InChI=1S/C14H18N2O4S/c1-4-16(11(3)8-14(17)18)21(19,20)13-6-5-12(9-15)10(2)7-13/h5-7,11H,4,8H2,1-3H3,(H,17,18). The molecule has 7 heteroatoms. The van der Waals surface area contributed by atoms with E-state index in [1.54, 1.807) is 20.8 Å². The van der Waals surface area contributed by atoms with Gasteiger partial charge < -0.3 is 5.11 Å². The fourth-order valence-electron chi connectivity index (χ4n) is 2.13. The number of benzene rings is 1. The molecule has 1 aromatic rings. The van der Waals surface area contributed by atoms with Crippen molar-refractivity contribution >= 4 is 16.0 Å². The van der Waals surface area contributed by atoms with Crippen LogP contribution in [0.15, 0.2) is 23.1 Å². The van der Waals surface area contributed by atoms with E-state index in [9.17, 15) is 13.2 Å². The van der Waals surface area contributed by atoms with Crippen LogP contribution < -0.4 is 0 Å². The number of aryl methyl sites for hydroxylation is 1. The molecule has 0 fully saturated rings. The molecule has 1 aromatic carbocycles. The Kier molecular flexibility index (Phi) is 5.47. The number of hydrogen-bond donors (Lipinski definition) is 1. The minimum Gasteiger partial charge on any atom is -0.481 e. The number of hydrogen-bond acceptors (Lipinski definition) is 4. The van der Waals surface area contributed by atoms with Gasteiger partial charge in [-0.3, -0.25) is 4.79 Å². The Morgan fingerprint density at radius 3 is 2.52 bits per heavy atom. The van der Waals surface area contributed by atoms with Crippen LogP contribution in [0.5, 0.6) is 0 Å². The molecule has 0 amide bonds. The average molecular weight is 310 g/mol. The van der Waals surface area contributed by atoms with Gasteiger partial charge in [-0.2, -0.15) is 9.57 Å². The molecule has 0 aliphatic carbocycles. The molecule has 0 aliphatic rings. The van der Waals surface area contributed by atoms with Crippen molar-refractivity contribution in [1.29, 1.82) is 5.26 Å². The van der Waals surface area contributed by atoms with Crippen molar-refractivity contribution in [3.63, 3.8) is 0 Å². The summed E-state index contributed by atoms with van der Waals surface area (Å²) in [5.41, 5.74) is 0.982. The largest absolute Gasteiger partial charge is 0.481 e. The molecular weight excluding hydrogens is 292 g/mol. The zero-order chi connectivity index (χ0) is 16.2. The van der Waals surface area contributed by atoms with Crippen molar-refractivity contribution in [3.05, 3.63) is 29.3 Å². The maximum absolute atomic E-state index is 12.6. The monoisotopic (exact) mass is 310 g/mol. The van der Waals surface area contributed by atoms with E-state index >= 15 is 0 Å². The fraction of sp³-hybridized carbons (Fsp3) is 0.429. The lowest BCUT2D eigenvalue weighted by atomic mass is 10.1. The summed E-state index contributed by atoms with van der Waals surface area (Å²) >= 11 is 0. The quantitative estimate of drug-likeness (QED) is 0.863. The third-order valence-corrected chi connectivity index (χ3v) is 5.28. The van der Waals surface area contributed by atoms with E-state index in [1.165, 1.54) is 18.2 Å². The molecule has 0 aliphatic heterocycles. The summed E-state index contributed by atoms with van der Waals surface area (Å²) in [6, 6.07) is 5.60. The molecule has 0 spiro atoms. The highest BCUT2D eigenvalue weighted by atomic mass is 32.2. The zero-order valence-electron chi connectivity index (χ0n) is 12.2. The van der Waals surface area contributed by atoms with Gasteiger partial charge in [0.2, 0.25) is 10.0 Å². The van der Waals surface area contributed by atoms with Gasteiger partial charge in [0.1, 0.15) is 0 Å². The van der Waals surface area contributed by atoms with Crippen LogP contribution in [-0.4, -0.2) is 36.4 Å². The first-order chi connectivity index (χ1) is 9.73. The van der Waals surface area contributed by atoms with Gasteiger partial charge in [-0.05, 0) is 37.6 Å². The minimum atomic E-state index is -3.78. The fourth-order valence-corrected chi connectivity index (χ4v) is 3.86. The van der Waals surface area contributed by atoms with Gasteiger partial charge >= 0.3 is 5.97 Å². The molecule has 0 saturated heterocycles. The SMILES string of the molecule is CCN(C(C)CC(=O)O)S(=O)(=O)c1ccc(C#N)c(C)c1. The van der Waals surface area contributed by atoms with Gasteiger partial charge in [-0.25, -0.2) is 8.42 Å². The van der Waals surface area contributed by atoms with Crippen molar-refractivity contribution in [2.45, 2.75) is 38.1 Å². The molecule has 21 heavy (non-hydrogen) atoms. The van der Waals surface area contributed by atoms with Crippen molar-refractivity contribution in [2.24, 2.45) is 0 Å². The average Bonchev–Trinajstić information content (AvgIpc) is 2.38. The highest BCUT2D eigenvalue weighted by Crippen LogP contribution is 2.21. The second kappa shape index (κ2) is 6.70. The Morgan fingerprint density at radius 1 is 1.48 bits per heavy atom. The third-order valence-electron chi connectivity index (χ3n) is 3.20. The Bertz CT molecular complexity index is 677. The minimum absolute atomic E-state index is 0.0677. The first-order valence-corrected chi connectivity index (χ1v) is 7.92. The Balaban J connectivity index is 3.22. The molecule has 1 N–H and O–H groups in total. The molecule has 0 aromatic heterocycles. The zero-order valence-corrected chi connectivity index (χ0v) is 13.0. The van der Waals surface area contributed by atoms with E-state index < -0.39 is 22.0 Å². The number of aliphatic carboxylic acids is 1. The molecule has 1 rings (SSSR count). The Labute approximate surface area is 124 Å². The van der Waals surface area contributed by atoms with E-state index in [1.807, 2.05) is 6.07 Å². The third kappa shape index (κ3) is 3.80.